The molecule has 0 bridgehead atoms. The van der Waals surface area contributed by atoms with Crippen molar-refractivity contribution in [3.8, 4) is 5.75 Å². The van der Waals surface area contributed by atoms with Crippen LogP contribution in [0.3, 0.4) is 0 Å². The molecule has 0 aromatic heterocycles. The number of methoxy groups -OCH3 is 1. The molecule has 1 fully saturated rings. The second-order valence-electron chi connectivity index (χ2n) is 6.98. The van der Waals surface area contributed by atoms with Crippen LogP contribution in [0.2, 0.25) is 0 Å². The maximum absolute atomic E-state index is 13.0. The highest BCUT2D eigenvalue weighted by atomic mass is 32.2. The second kappa shape index (κ2) is 8.84. The fraction of sp³-hybridized carbons (Fsp3) is 0.381. The van der Waals surface area contributed by atoms with E-state index in [9.17, 15) is 13.2 Å². The molecule has 3 rings (SSSR count). The number of para-hydroxylation sites is 2. The minimum Gasteiger partial charge on any atom is -0.495 e. The van der Waals surface area contributed by atoms with Crippen LogP contribution in [0.15, 0.2) is 53.4 Å². The van der Waals surface area contributed by atoms with Crippen molar-refractivity contribution in [3.63, 3.8) is 0 Å². The van der Waals surface area contributed by atoms with E-state index < -0.39 is 10.0 Å². The van der Waals surface area contributed by atoms with E-state index in [0.717, 1.165) is 19.4 Å². The normalized spacial score (nSPS) is 17.6. The Hall–Kier alpha value is -2.58. The number of sulfonamides is 1. The minimum absolute atomic E-state index is 0.0214. The van der Waals surface area contributed by atoms with Gasteiger partial charge in [0.1, 0.15) is 5.75 Å². The average Bonchev–Trinajstić information content (AvgIpc) is 3.28. The number of benzene rings is 2. The molecule has 1 saturated heterocycles. The summed E-state index contributed by atoms with van der Waals surface area (Å²) in [5.41, 5.74) is 0.830. The van der Waals surface area contributed by atoms with Crippen molar-refractivity contribution in [2.75, 3.05) is 25.1 Å². The van der Waals surface area contributed by atoms with Gasteiger partial charge >= 0.3 is 0 Å². The highest BCUT2D eigenvalue weighted by Gasteiger charge is 2.26. The molecule has 29 heavy (non-hydrogen) atoms. The molecule has 2 aromatic rings. The van der Waals surface area contributed by atoms with Gasteiger partial charge in [-0.25, -0.2) is 8.42 Å². The molecular formula is C21H26N2O5S. The van der Waals surface area contributed by atoms with Gasteiger partial charge in [-0.1, -0.05) is 12.1 Å². The Morgan fingerprint density at radius 2 is 1.90 bits per heavy atom. The van der Waals surface area contributed by atoms with Crippen LogP contribution in [0.1, 0.15) is 30.1 Å². The molecule has 1 heterocycles. The Bertz CT molecular complexity index is 953. The molecule has 156 valence electrons. The topological polar surface area (TPSA) is 84.9 Å². The Morgan fingerprint density at radius 1 is 1.21 bits per heavy atom. The van der Waals surface area contributed by atoms with Gasteiger partial charge in [-0.2, -0.15) is 0 Å². The van der Waals surface area contributed by atoms with Crippen molar-refractivity contribution in [3.05, 3.63) is 54.1 Å². The number of ether oxygens (including phenoxy) is 2. The van der Waals surface area contributed by atoms with Gasteiger partial charge in [0.25, 0.3) is 15.9 Å². The Balaban J connectivity index is 1.75. The summed E-state index contributed by atoms with van der Waals surface area (Å²) in [7, 11) is -0.842. The van der Waals surface area contributed by atoms with Crippen molar-refractivity contribution in [1.82, 2.24) is 5.32 Å². The van der Waals surface area contributed by atoms with Gasteiger partial charge in [-0.3, -0.25) is 9.10 Å². The number of nitrogens with zero attached hydrogens (tertiary/aromatic N) is 1. The van der Waals surface area contributed by atoms with Crippen LogP contribution >= 0.6 is 0 Å². The fourth-order valence-corrected chi connectivity index (χ4v) is 4.54. The van der Waals surface area contributed by atoms with E-state index in [1.54, 1.807) is 24.3 Å². The van der Waals surface area contributed by atoms with Crippen LogP contribution < -0.4 is 14.4 Å². The van der Waals surface area contributed by atoms with E-state index in [1.807, 2.05) is 6.92 Å². The Kier molecular flexibility index (Phi) is 6.44. The van der Waals surface area contributed by atoms with Crippen LogP contribution in [0.4, 0.5) is 5.69 Å². The van der Waals surface area contributed by atoms with Crippen molar-refractivity contribution in [2.24, 2.45) is 0 Å². The van der Waals surface area contributed by atoms with Crippen molar-refractivity contribution in [2.45, 2.75) is 36.8 Å². The molecule has 0 aliphatic carbocycles. The van der Waals surface area contributed by atoms with Crippen molar-refractivity contribution in [1.29, 1.82) is 0 Å². The lowest BCUT2D eigenvalue weighted by atomic mass is 10.1. The lowest BCUT2D eigenvalue weighted by Crippen LogP contribution is -2.40. The van der Waals surface area contributed by atoms with Crippen molar-refractivity contribution < 1.29 is 22.7 Å². The number of hydrogen-bond donors (Lipinski definition) is 1. The zero-order chi connectivity index (χ0) is 21.0. The zero-order valence-corrected chi connectivity index (χ0v) is 17.6. The highest BCUT2D eigenvalue weighted by molar-refractivity contribution is 7.92. The van der Waals surface area contributed by atoms with Gasteiger partial charge in [-0.15, -0.1) is 0 Å². The largest absolute Gasteiger partial charge is 0.495 e. The second-order valence-corrected chi connectivity index (χ2v) is 8.95. The van der Waals surface area contributed by atoms with Gasteiger partial charge in [0.2, 0.25) is 0 Å². The SMILES string of the molecule is COc1ccccc1N(C)S(=O)(=O)c1ccc(C(=O)NC(C)C2CCCO2)cc1. The predicted octanol–water partition coefficient (Wildman–Crippen LogP) is 2.82. The standard InChI is InChI=1S/C21H26N2O5S/c1-15(19-9-6-14-28-19)22-21(24)16-10-12-17(13-11-16)29(25,26)23(2)18-7-4-5-8-20(18)27-3/h4-5,7-8,10-13,15,19H,6,9,14H2,1-3H3,(H,22,24). The molecule has 0 spiro atoms. The summed E-state index contributed by atoms with van der Waals surface area (Å²) in [5.74, 6) is 0.202. The first kappa shape index (κ1) is 21.1. The van der Waals surface area contributed by atoms with E-state index in [-0.39, 0.29) is 22.9 Å². The van der Waals surface area contributed by atoms with Gasteiger partial charge in [-0.05, 0) is 56.2 Å². The van der Waals surface area contributed by atoms with Crippen LogP contribution in [-0.4, -0.2) is 47.2 Å². The quantitative estimate of drug-likeness (QED) is 0.747. The summed E-state index contributed by atoms with van der Waals surface area (Å²) >= 11 is 0. The summed E-state index contributed by atoms with van der Waals surface area (Å²) in [6.45, 7) is 2.63. The molecule has 1 aliphatic heterocycles. The fourth-order valence-electron chi connectivity index (χ4n) is 3.34. The Morgan fingerprint density at radius 3 is 2.52 bits per heavy atom. The number of nitrogens with one attached hydrogen (secondary N) is 1. The third kappa shape index (κ3) is 4.54. The number of anilines is 1. The van der Waals surface area contributed by atoms with E-state index in [4.69, 9.17) is 9.47 Å². The maximum Gasteiger partial charge on any atom is 0.264 e. The highest BCUT2D eigenvalue weighted by Crippen LogP contribution is 2.30. The molecule has 1 N–H and O–H groups in total. The molecule has 0 saturated carbocycles. The molecule has 7 nitrogen and oxygen atoms in total. The zero-order valence-electron chi connectivity index (χ0n) is 16.8. The van der Waals surface area contributed by atoms with Crippen LogP contribution in [0, 0.1) is 0 Å². The monoisotopic (exact) mass is 418 g/mol. The van der Waals surface area contributed by atoms with Crippen LogP contribution in [0.5, 0.6) is 5.75 Å². The van der Waals surface area contributed by atoms with Crippen molar-refractivity contribution >= 4 is 21.6 Å². The third-order valence-electron chi connectivity index (χ3n) is 5.08. The predicted molar refractivity (Wildman–Crippen MR) is 111 cm³/mol. The third-order valence-corrected chi connectivity index (χ3v) is 6.87. The molecule has 2 unspecified atom stereocenters. The van der Waals surface area contributed by atoms with Crippen LogP contribution in [-0.2, 0) is 14.8 Å². The van der Waals surface area contributed by atoms with E-state index in [1.165, 1.54) is 42.7 Å². The number of carbonyl (C=O) groups is 1. The number of hydrogen-bond acceptors (Lipinski definition) is 5. The smallest absolute Gasteiger partial charge is 0.264 e. The number of amides is 1. The van der Waals surface area contributed by atoms with Gasteiger partial charge < -0.3 is 14.8 Å². The lowest BCUT2D eigenvalue weighted by molar-refractivity contribution is 0.0712. The van der Waals surface area contributed by atoms with Gasteiger partial charge in [0, 0.05) is 19.2 Å². The summed E-state index contributed by atoms with van der Waals surface area (Å²) in [5, 5.41) is 2.92. The molecular weight excluding hydrogens is 392 g/mol. The molecule has 2 atom stereocenters. The van der Waals surface area contributed by atoms with Gasteiger partial charge in [0.05, 0.1) is 29.8 Å². The van der Waals surface area contributed by atoms with E-state index >= 15 is 0 Å². The first-order valence-electron chi connectivity index (χ1n) is 9.49. The first-order valence-corrected chi connectivity index (χ1v) is 10.9. The number of rotatable bonds is 7. The summed E-state index contributed by atoms with van der Waals surface area (Å²) in [6, 6.07) is 12.7. The maximum atomic E-state index is 13.0. The lowest BCUT2D eigenvalue weighted by Gasteiger charge is -2.22. The average molecular weight is 419 g/mol. The van der Waals surface area contributed by atoms with Crippen LogP contribution in [0.25, 0.3) is 0 Å². The first-order chi connectivity index (χ1) is 13.8. The van der Waals surface area contributed by atoms with Gasteiger partial charge in [0.15, 0.2) is 0 Å². The molecule has 8 heteroatoms. The summed E-state index contributed by atoms with van der Waals surface area (Å²) in [6.07, 6.45) is 1.94. The molecule has 1 amide bonds. The minimum atomic E-state index is -3.80. The molecule has 0 radical (unpaired) electrons. The van der Waals surface area contributed by atoms with E-state index in [2.05, 4.69) is 5.32 Å². The van der Waals surface area contributed by atoms with E-state index in [0.29, 0.717) is 17.0 Å². The Labute approximate surface area is 171 Å². The summed E-state index contributed by atoms with van der Waals surface area (Å²) < 4.78 is 38.0. The molecule has 1 aliphatic rings. The summed E-state index contributed by atoms with van der Waals surface area (Å²) in [4.78, 5) is 12.6. The number of carbonyl (C=O) groups excluding carboxylic acids is 1. The molecule has 2 aromatic carbocycles.